The van der Waals surface area contributed by atoms with E-state index in [4.69, 9.17) is 0 Å². The topological polar surface area (TPSA) is 41.3 Å². The normalized spacial score (nSPS) is 13.4. The number of hydrogen-bond acceptors (Lipinski definition) is 3. The molecule has 0 amide bonds. The fraction of sp³-hybridized carbons (Fsp3) is 0.700. The summed E-state index contributed by atoms with van der Waals surface area (Å²) in [5.74, 6) is 0. The van der Waals surface area contributed by atoms with Gasteiger partial charge in [0.1, 0.15) is 6.20 Å². The second-order valence-corrected chi connectivity index (χ2v) is 3.31. The minimum atomic E-state index is -0.358. The van der Waals surface area contributed by atoms with Crippen LogP contribution in [0.3, 0.4) is 0 Å². The Kier molecular flexibility index (Phi) is 4.62. The number of aromatic nitrogens is 2. The van der Waals surface area contributed by atoms with Crippen molar-refractivity contribution in [3.63, 3.8) is 0 Å². The molecule has 1 atom stereocenters. The number of nitrogens with zero attached hydrogens (tertiary/aromatic N) is 3. The zero-order valence-electron chi connectivity index (χ0n) is 8.85. The van der Waals surface area contributed by atoms with E-state index in [1.807, 2.05) is 6.20 Å². The molecule has 0 aromatic carbocycles. The summed E-state index contributed by atoms with van der Waals surface area (Å²) in [5, 5.41) is 13.7. The number of likely N-dealkylation sites (N-methyl/N-ethyl adjacent to an activating group) is 1. The number of aliphatic hydroxyl groups excluding tert-OH is 1. The van der Waals surface area contributed by atoms with Gasteiger partial charge in [0.2, 0.25) is 0 Å². The van der Waals surface area contributed by atoms with Crippen LogP contribution in [0.5, 0.6) is 0 Å². The van der Waals surface area contributed by atoms with Crippen molar-refractivity contribution in [1.82, 2.24) is 14.7 Å². The van der Waals surface area contributed by atoms with E-state index < -0.39 is 0 Å². The Morgan fingerprint density at radius 3 is 2.71 bits per heavy atom. The standard InChI is InChI=1S/C10H18N3O/c1-3-12(4-2)8-10(14)9-13-7-5-6-11-13/h5,7,10,14H,3-4,8-9H2,1-2H3/t10-/m0/s1. The van der Waals surface area contributed by atoms with Crippen molar-refractivity contribution in [2.24, 2.45) is 0 Å². The van der Waals surface area contributed by atoms with E-state index in [1.54, 1.807) is 10.7 Å². The summed E-state index contributed by atoms with van der Waals surface area (Å²) in [5.41, 5.74) is 0. The average molecular weight is 196 g/mol. The van der Waals surface area contributed by atoms with Crippen molar-refractivity contribution in [1.29, 1.82) is 0 Å². The lowest BCUT2D eigenvalue weighted by molar-refractivity contribution is 0.0997. The van der Waals surface area contributed by atoms with E-state index in [1.165, 1.54) is 0 Å². The number of aliphatic hydroxyl groups is 1. The number of hydrogen-bond donors (Lipinski definition) is 1. The SMILES string of the molecule is CCN(CC)C[C@H](O)Cn1cc[c]n1. The average Bonchev–Trinajstić information content (AvgIpc) is 2.66. The lowest BCUT2D eigenvalue weighted by atomic mass is 10.3. The van der Waals surface area contributed by atoms with E-state index >= 15 is 0 Å². The molecule has 0 fully saturated rings. The van der Waals surface area contributed by atoms with Gasteiger partial charge in [0.05, 0.1) is 12.6 Å². The highest BCUT2D eigenvalue weighted by Crippen LogP contribution is 1.95. The Bertz CT molecular complexity index is 232. The molecule has 0 saturated heterocycles. The van der Waals surface area contributed by atoms with Crippen molar-refractivity contribution < 1.29 is 5.11 Å². The zero-order valence-corrected chi connectivity index (χ0v) is 8.85. The van der Waals surface area contributed by atoms with Crippen molar-refractivity contribution in [3.05, 3.63) is 18.5 Å². The summed E-state index contributed by atoms with van der Waals surface area (Å²) in [7, 11) is 0. The van der Waals surface area contributed by atoms with Crippen LogP contribution in [0.1, 0.15) is 13.8 Å². The lowest BCUT2D eigenvalue weighted by Crippen LogP contribution is -2.34. The first-order valence-corrected chi connectivity index (χ1v) is 5.06. The molecule has 0 bridgehead atoms. The van der Waals surface area contributed by atoms with Crippen LogP contribution in [-0.4, -0.2) is 45.5 Å². The predicted octanol–water partition coefficient (Wildman–Crippen LogP) is 0.386. The van der Waals surface area contributed by atoms with E-state index in [0.717, 1.165) is 13.1 Å². The molecule has 0 aliphatic carbocycles. The van der Waals surface area contributed by atoms with Gasteiger partial charge in [-0.25, -0.2) is 0 Å². The van der Waals surface area contributed by atoms with Gasteiger partial charge in [-0.2, -0.15) is 5.10 Å². The first-order chi connectivity index (χ1) is 6.76. The first-order valence-electron chi connectivity index (χ1n) is 5.06. The van der Waals surface area contributed by atoms with E-state index in [2.05, 4.69) is 30.0 Å². The smallest absolute Gasteiger partial charge is 0.113 e. The van der Waals surface area contributed by atoms with Crippen LogP contribution in [0.2, 0.25) is 0 Å². The van der Waals surface area contributed by atoms with Gasteiger partial charge in [-0.15, -0.1) is 0 Å². The zero-order chi connectivity index (χ0) is 10.4. The molecular weight excluding hydrogens is 178 g/mol. The van der Waals surface area contributed by atoms with Gasteiger partial charge >= 0.3 is 0 Å². The molecule has 0 aliphatic heterocycles. The monoisotopic (exact) mass is 196 g/mol. The van der Waals surface area contributed by atoms with Crippen molar-refractivity contribution in [2.45, 2.75) is 26.5 Å². The molecule has 0 aliphatic rings. The summed E-state index contributed by atoms with van der Waals surface area (Å²) in [4.78, 5) is 2.19. The summed E-state index contributed by atoms with van der Waals surface area (Å²) in [6.07, 6.45) is 4.16. The third-order valence-corrected chi connectivity index (χ3v) is 2.27. The largest absolute Gasteiger partial charge is 0.390 e. The van der Waals surface area contributed by atoms with Crippen LogP contribution >= 0.6 is 0 Å². The van der Waals surface area contributed by atoms with Gasteiger partial charge in [-0.05, 0) is 19.2 Å². The van der Waals surface area contributed by atoms with Crippen LogP contribution < -0.4 is 0 Å². The summed E-state index contributed by atoms with van der Waals surface area (Å²) >= 11 is 0. The Morgan fingerprint density at radius 1 is 1.50 bits per heavy atom. The second kappa shape index (κ2) is 5.78. The molecule has 0 unspecified atom stereocenters. The van der Waals surface area contributed by atoms with Crippen LogP contribution in [0.4, 0.5) is 0 Å². The van der Waals surface area contributed by atoms with E-state index in [-0.39, 0.29) is 6.10 Å². The van der Waals surface area contributed by atoms with Crippen LogP contribution in [0.15, 0.2) is 12.3 Å². The fourth-order valence-electron chi connectivity index (χ4n) is 1.42. The van der Waals surface area contributed by atoms with Crippen LogP contribution in [0.25, 0.3) is 0 Å². The molecule has 1 aromatic rings. The third kappa shape index (κ3) is 3.47. The minimum absolute atomic E-state index is 0.358. The van der Waals surface area contributed by atoms with Gasteiger partial charge in [-0.1, -0.05) is 13.8 Å². The number of rotatable bonds is 6. The Labute approximate surface area is 85.1 Å². The maximum atomic E-state index is 9.74. The molecule has 1 radical (unpaired) electrons. The molecule has 1 rings (SSSR count). The minimum Gasteiger partial charge on any atom is -0.390 e. The van der Waals surface area contributed by atoms with Crippen molar-refractivity contribution in [3.8, 4) is 0 Å². The summed E-state index contributed by atoms with van der Waals surface area (Å²) in [6.45, 7) is 7.38. The van der Waals surface area contributed by atoms with Gasteiger partial charge < -0.3 is 10.0 Å². The van der Waals surface area contributed by atoms with Gasteiger partial charge in [-0.3, -0.25) is 4.68 Å². The van der Waals surface area contributed by atoms with Gasteiger partial charge in [0.15, 0.2) is 0 Å². The highest BCUT2D eigenvalue weighted by molar-refractivity contribution is 4.77. The highest BCUT2D eigenvalue weighted by atomic mass is 16.3. The highest BCUT2D eigenvalue weighted by Gasteiger charge is 2.09. The van der Waals surface area contributed by atoms with Gasteiger partial charge in [0.25, 0.3) is 0 Å². The Hall–Kier alpha value is -0.870. The molecule has 1 N–H and O–H groups in total. The first kappa shape index (κ1) is 11.2. The molecule has 14 heavy (non-hydrogen) atoms. The molecule has 4 heteroatoms. The second-order valence-electron chi connectivity index (χ2n) is 3.31. The van der Waals surface area contributed by atoms with E-state index in [9.17, 15) is 5.11 Å². The van der Waals surface area contributed by atoms with Gasteiger partial charge in [0, 0.05) is 12.7 Å². The lowest BCUT2D eigenvalue weighted by Gasteiger charge is -2.21. The summed E-state index contributed by atoms with van der Waals surface area (Å²) in [6, 6.07) is 1.74. The van der Waals surface area contributed by atoms with Crippen molar-refractivity contribution in [2.75, 3.05) is 19.6 Å². The van der Waals surface area contributed by atoms with Crippen molar-refractivity contribution >= 4 is 0 Å². The molecule has 0 saturated carbocycles. The molecule has 1 aromatic heterocycles. The molecule has 4 nitrogen and oxygen atoms in total. The molecule has 0 spiro atoms. The molecule has 79 valence electrons. The Morgan fingerprint density at radius 2 is 2.21 bits per heavy atom. The summed E-state index contributed by atoms with van der Waals surface area (Å²) < 4.78 is 1.70. The Balaban J connectivity index is 2.31. The van der Waals surface area contributed by atoms with Crippen LogP contribution in [0, 0.1) is 6.20 Å². The third-order valence-electron chi connectivity index (χ3n) is 2.27. The predicted molar refractivity (Wildman–Crippen MR) is 54.9 cm³/mol. The van der Waals surface area contributed by atoms with Crippen LogP contribution in [-0.2, 0) is 6.54 Å². The van der Waals surface area contributed by atoms with E-state index in [0.29, 0.717) is 13.1 Å². The maximum Gasteiger partial charge on any atom is 0.113 e. The quantitative estimate of drug-likeness (QED) is 0.715. The molecule has 1 heterocycles. The fourth-order valence-corrected chi connectivity index (χ4v) is 1.42. The molecular formula is C10H18N3O. The maximum absolute atomic E-state index is 9.74.